The lowest BCUT2D eigenvalue weighted by atomic mass is 9.92. The highest BCUT2D eigenvalue weighted by Crippen LogP contribution is 2.28. The number of nitrogens with two attached hydrogens (primary N) is 2. The minimum Gasteiger partial charge on any atom is -0.497 e. The van der Waals surface area contributed by atoms with E-state index in [-0.39, 0.29) is 23.8 Å². The van der Waals surface area contributed by atoms with Crippen LogP contribution in [-0.4, -0.2) is 35.5 Å². The summed E-state index contributed by atoms with van der Waals surface area (Å²) in [7, 11) is 1.66. The fraction of sp³-hybridized carbons (Fsp3) is 0.286. The Kier molecular flexibility index (Phi) is 6.17. The van der Waals surface area contributed by atoms with Crippen LogP contribution in [0.3, 0.4) is 0 Å². The van der Waals surface area contributed by atoms with E-state index in [1.165, 1.54) is 0 Å². The van der Waals surface area contributed by atoms with Crippen LogP contribution in [0.2, 0.25) is 0 Å². The van der Waals surface area contributed by atoms with Gasteiger partial charge in [0.25, 0.3) is 5.91 Å². The lowest BCUT2D eigenvalue weighted by molar-refractivity contribution is 0.0917. The second-order valence-electron chi connectivity index (χ2n) is 9.39. The number of nitrogen functional groups attached to an aromatic ring is 1. The van der Waals surface area contributed by atoms with Crippen LogP contribution in [0.4, 0.5) is 0 Å². The van der Waals surface area contributed by atoms with E-state index in [9.17, 15) is 4.79 Å². The predicted octanol–water partition coefficient (Wildman–Crippen LogP) is 4.14. The maximum atomic E-state index is 13.5. The van der Waals surface area contributed by atoms with Crippen LogP contribution < -0.4 is 21.5 Å². The molecule has 1 saturated carbocycles. The molecule has 1 amide bonds. The summed E-state index contributed by atoms with van der Waals surface area (Å²) < 4.78 is 7.43. The lowest BCUT2D eigenvalue weighted by Gasteiger charge is -2.27. The van der Waals surface area contributed by atoms with Crippen LogP contribution in [0.5, 0.6) is 5.75 Å². The van der Waals surface area contributed by atoms with Gasteiger partial charge in [0.15, 0.2) is 0 Å². The molecular weight excluding hydrogens is 438 g/mol. The molecule has 1 aliphatic carbocycles. The van der Waals surface area contributed by atoms with E-state index in [0.717, 1.165) is 58.7 Å². The van der Waals surface area contributed by atoms with Gasteiger partial charge in [0.05, 0.1) is 7.11 Å². The number of hydrogen-bond donors (Lipinski definition) is 4. The lowest BCUT2D eigenvalue weighted by Crippen LogP contribution is -2.41. The van der Waals surface area contributed by atoms with Crippen LogP contribution >= 0.6 is 0 Å². The molecule has 180 valence electrons. The summed E-state index contributed by atoms with van der Waals surface area (Å²) in [6, 6.07) is 20.1. The topological polar surface area (TPSA) is 119 Å². The zero-order chi connectivity index (χ0) is 24.5. The van der Waals surface area contributed by atoms with E-state index >= 15 is 0 Å². The molecule has 35 heavy (non-hydrogen) atoms. The average molecular weight is 470 g/mol. The summed E-state index contributed by atoms with van der Waals surface area (Å²) in [6.45, 7) is 0.507. The monoisotopic (exact) mass is 469 g/mol. The molecule has 3 aromatic carbocycles. The molecule has 0 atom stereocenters. The smallest absolute Gasteiger partial charge is 0.268 e. The summed E-state index contributed by atoms with van der Waals surface area (Å²) in [5, 5.41) is 14.2. The Morgan fingerprint density at radius 2 is 1.86 bits per heavy atom. The van der Waals surface area contributed by atoms with Crippen LogP contribution in [0, 0.1) is 5.41 Å². The van der Waals surface area contributed by atoms with Gasteiger partial charge in [-0.25, -0.2) is 0 Å². The summed E-state index contributed by atoms with van der Waals surface area (Å²) in [5.74, 6) is 0.717. The maximum Gasteiger partial charge on any atom is 0.268 e. The number of benzene rings is 3. The number of carbonyl (C=O) groups is 1. The van der Waals surface area contributed by atoms with Gasteiger partial charge < -0.3 is 26.1 Å². The molecule has 5 rings (SSSR count). The number of aromatic nitrogens is 1. The fourth-order valence-electron chi connectivity index (χ4n) is 5.07. The highest BCUT2D eigenvalue weighted by atomic mass is 16.5. The van der Waals surface area contributed by atoms with Crippen molar-refractivity contribution in [3.8, 4) is 5.75 Å². The normalized spacial score (nSPS) is 18.0. The SMILES string of the molecule is COc1ccc2c(Cn3c(C(=O)NC4CCC(N)CC4)cc4ccc(C(=N)N)cc43)cccc2c1. The predicted molar refractivity (Wildman–Crippen MR) is 140 cm³/mol. The van der Waals surface area contributed by atoms with Gasteiger partial charge in [-0.15, -0.1) is 0 Å². The fourth-order valence-corrected chi connectivity index (χ4v) is 5.07. The number of nitrogens with one attached hydrogen (secondary N) is 2. The van der Waals surface area contributed by atoms with Gasteiger partial charge in [0.1, 0.15) is 17.3 Å². The number of fused-ring (bicyclic) bond motifs is 2. The van der Waals surface area contributed by atoms with Crippen molar-refractivity contribution in [3.63, 3.8) is 0 Å². The Labute approximate surface area is 204 Å². The number of ether oxygens (including phenoxy) is 1. The first-order valence-electron chi connectivity index (χ1n) is 12.0. The Morgan fingerprint density at radius 3 is 2.60 bits per heavy atom. The quantitative estimate of drug-likeness (QED) is 0.251. The minimum atomic E-state index is -0.0899. The van der Waals surface area contributed by atoms with Crippen LogP contribution in [0.15, 0.2) is 60.7 Å². The zero-order valence-corrected chi connectivity index (χ0v) is 19.9. The standard InChI is InChI=1S/C28H31N5O2/c1-35-23-11-12-24-17(13-23)3-2-4-20(24)16-33-25-15-19(27(30)31)6-5-18(25)14-26(33)28(34)32-22-9-7-21(29)8-10-22/h2-6,11-15,21-22H,7-10,16,29H2,1H3,(H3,30,31)(H,32,34). The average Bonchev–Trinajstić information content (AvgIpc) is 3.23. The molecule has 7 heteroatoms. The Morgan fingerprint density at radius 1 is 1.06 bits per heavy atom. The van der Waals surface area contributed by atoms with Gasteiger partial charge in [0.2, 0.25) is 0 Å². The second-order valence-corrected chi connectivity index (χ2v) is 9.39. The molecule has 1 heterocycles. The first kappa shape index (κ1) is 22.9. The molecule has 6 N–H and O–H groups in total. The molecule has 0 bridgehead atoms. The van der Waals surface area contributed by atoms with Gasteiger partial charge in [-0.3, -0.25) is 10.2 Å². The van der Waals surface area contributed by atoms with E-state index in [4.69, 9.17) is 21.6 Å². The summed E-state index contributed by atoms with van der Waals surface area (Å²) in [4.78, 5) is 13.5. The number of amides is 1. The molecule has 0 unspecified atom stereocenters. The summed E-state index contributed by atoms with van der Waals surface area (Å²) in [5.41, 5.74) is 15.0. The molecule has 4 aromatic rings. The van der Waals surface area contributed by atoms with Gasteiger partial charge in [-0.05, 0) is 66.3 Å². The van der Waals surface area contributed by atoms with E-state index in [1.54, 1.807) is 7.11 Å². The van der Waals surface area contributed by atoms with Gasteiger partial charge in [-0.2, -0.15) is 0 Å². The van der Waals surface area contributed by atoms with Gasteiger partial charge in [0, 0.05) is 35.1 Å². The molecule has 0 radical (unpaired) electrons. The van der Waals surface area contributed by atoms with Gasteiger partial charge >= 0.3 is 0 Å². The third-order valence-electron chi connectivity index (χ3n) is 7.06. The summed E-state index contributed by atoms with van der Waals surface area (Å²) in [6.07, 6.45) is 3.64. The third kappa shape index (κ3) is 4.59. The minimum absolute atomic E-state index is 0.00134. The van der Waals surface area contributed by atoms with Crippen molar-refractivity contribution in [3.05, 3.63) is 77.5 Å². The van der Waals surface area contributed by atoms with Crippen molar-refractivity contribution in [2.24, 2.45) is 11.5 Å². The Balaban J connectivity index is 1.57. The molecule has 0 saturated heterocycles. The second kappa shape index (κ2) is 9.43. The first-order chi connectivity index (χ1) is 16.9. The third-order valence-corrected chi connectivity index (χ3v) is 7.06. The molecular formula is C28H31N5O2. The maximum absolute atomic E-state index is 13.5. The number of methoxy groups -OCH3 is 1. The molecule has 7 nitrogen and oxygen atoms in total. The van der Waals surface area contributed by atoms with Crippen molar-refractivity contribution in [2.75, 3.05) is 7.11 Å². The van der Waals surface area contributed by atoms with Crippen molar-refractivity contribution in [1.29, 1.82) is 5.41 Å². The largest absolute Gasteiger partial charge is 0.497 e. The number of carbonyl (C=O) groups excluding carboxylic acids is 1. The van der Waals surface area contributed by atoms with Crippen LogP contribution in [0.25, 0.3) is 21.7 Å². The van der Waals surface area contributed by atoms with Crippen molar-refractivity contribution in [1.82, 2.24) is 9.88 Å². The Hall–Kier alpha value is -3.84. The van der Waals surface area contributed by atoms with Crippen LogP contribution in [0.1, 0.15) is 47.3 Å². The number of rotatable bonds is 6. The highest BCUT2D eigenvalue weighted by molar-refractivity contribution is 6.02. The highest BCUT2D eigenvalue weighted by Gasteiger charge is 2.23. The molecule has 0 spiro atoms. The Bertz CT molecular complexity index is 1420. The van der Waals surface area contributed by atoms with Gasteiger partial charge in [-0.1, -0.05) is 36.4 Å². The summed E-state index contributed by atoms with van der Waals surface area (Å²) >= 11 is 0. The number of nitrogens with zero attached hydrogens (tertiary/aromatic N) is 1. The van der Waals surface area contributed by atoms with Crippen molar-refractivity contribution >= 4 is 33.4 Å². The molecule has 1 aliphatic rings. The van der Waals surface area contributed by atoms with E-state index in [2.05, 4.69) is 23.5 Å². The number of amidine groups is 1. The number of hydrogen-bond acceptors (Lipinski definition) is 4. The zero-order valence-electron chi connectivity index (χ0n) is 19.9. The van der Waals surface area contributed by atoms with Crippen molar-refractivity contribution < 1.29 is 9.53 Å². The first-order valence-corrected chi connectivity index (χ1v) is 12.0. The van der Waals surface area contributed by atoms with E-state index in [1.807, 2.05) is 47.0 Å². The van der Waals surface area contributed by atoms with E-state index in [0.29, 0.717) is 17.8 Å². The van der Waals surface area contributed by atoms with Crippen molar-refractivity contribution in [2.45, 2.75) is 44.3 Å². The van der Waals surface area contributed by atoms with Crippen LogP contribution in [-0.2, 0) is 6.54 Å². The molecule has 0 aliphatic heterocycles. The molecule has 1 aromatic heterocycles. The van der Waals surface area contributed by atoms with E-state index < -0.39 is 0 Å². The molecule has 1 fully saturated rings.